The molecule has 0 radical (unpaired) electrons. The number of aromatic amines is 1. The van der Waals surface area contributed by atoms with E-state index >= 15 is 0 Å². The number of benzene rings is 2. The lowest BCUT2D eigenvalue weighted by molar-refractivity contribution is -0.115. The number of nitrogens with one attached hydrogen (secondary N) is 2. The molecule has 0 bridgehead atoms. The molecule has 7 heteroatoms. The van der Waals surface area contributed by atoms with E-state index in [0.29, 0.717) is 23.1 Å². The van der Waals surface area contributed by atoms with Crippen LogP contribution in [0.2, 0.25) is 0 Å². The van der Waals surface area contributed by atoms with E-state index in [1.165, 1.54) is 16.9 Å². The first-order valence-corrected chi connectivity index (χ1v) is 10.4. The lowest BCUT2D eigenvalue weighted by Gasteiger charge is -2.08. The third-order valence-corrected chi connectivity index (χ3v) is 5.80. The minimum Gasteiger partial charge on any atom is -0.493 e. The molecular formula is C23H23N3O3S. The number of ether oxygens (including phenoxy) is 2. The van der Waals surface area contributed by atoms with Crippen LogP contribution in [0.15, 0.2) is 41.8 Å². The van der Waals surface area contributed by atoms with Gasteiger partial charge in [0.05, 0.1) is 26.3 Å². The lowest BCUT2D eigenvalue weighted by atomic mass is 10.1. The number of amides is 1. The molecule has 0 spiro atoms. The lowest BCUT2D eigenvalue weighted by Crippen LogP contribution is -2.14. The quantitative estimate of drug-likeness (QED) is 0.454. The molecule has 0 aliphatic carbocycles. The number of hydrogen-bond donors (Lipinski definition) is 2. The molecule has 0 atom stereocenters. The van der Waals surface area contributed by atoms with E-state index in [1.54, 1.807) is 14.2 Å². The molecule has 0 saturated heterocycles. The van der Waals surface area contributed by atoms with Gasteiger partial charge in [-0.05, 0) is 49.7 Å². The molecule has 0 aliphatic rings. The number of aryl methyl sites for hydroxylation is 2. The molecule has 2 heterocycles. The summed E-state index contributed by atoms with van der Waals surface area (Å²) in [6, 6.07) is 11.9. The number of thiazole rings is 1. The fourth-order valence-electron chi connectivity index (χ4n) is 3.51. The van der Waals surface area contributed by atoms with Gasteiger partial charge in [-0.2, -0.15) is 0 Å². The highest BCUT2D eigenvalue weighted by molar-refractivity contribution is 7.14. The van der Waals surface area contributed by atoms with Crippen LogP contribution < -0.4 is 14.8 Å². The molecule has 154 valence electrons. The van der Waals surface area contributed by atoms with Crippen molar-refractivity contribution in [1.82, 2.24) is 9.97 Å². The number of aromatic nitrogens is 2. The van der Waals surface area contributed by atoms with E-state index < -0.39 is 0 Å². The molecule has 0 saturated carbocycles. The molecule has 6 nitrogen and oxygen atoms in total. The number of hydrogen-bond acceptors (Lipinski definition) is 5. The number of carbonyl (C=O) groups excluding carboxylic acids is 1. The fourth-order valence-corrected chi connectivity index (χ4v) is 4.24. The van der Waals surface area contributed by atoms with Crippen LogP contribution in [-0.4, -0.2) is 30.1 Å². The summed E-state index contributed by atoms with van der Waals surface area (Å²) in [4.78, 5) is 20.6. The van der Waals surface area contributed by atoms with Crippen molar-refractivity contribution in [2.45, 2.75) is 20.3 Å². The molecule has 4 rings (SSSR count). The van der Waals surface area contributed by atoms with Gasteiger partial charge in [0.1, 0.15) is 0 Å². The van der Waals surface area contributed by atoms with E-state index in [-0.39, 0.29) is 5.91 Å². The molecule has 0 unspecified atom stereocenters. The second-order valence-corrected chi connectivity index (χ2v) is 7.97. The van der Waals surface area contributed by atoms with Crippen LogP contribution in [0.5, 0.6) is 11.5 Å². The molecule has 0 fully saturated rings. The Balaban J connectivity index is 1.51. The molecule has 1 amide bonds. The largest absolute Gasteiger partial charge is 0.493 e. The summed E-state index contributed by atoms with van der Waals surface area (Å²) in [6.45, 7) is 4.05. The summed E-state index contributed by atoms with van der Waals surface area (Å²) < 4.78 is 10.6. The first-order chi connectivity index (χ1) is 14.5. The van der Waals surface area contributed by atoms with E-state index in [0.717, 1.165) is 33.4 Å². The van der Waals surface area contributed by atoms with Crippen molar-refractivity contribution in [2.75, 3.05) is 19.5 Å². The van der Waals surface area contributed by atoms with Crippen molar-refractivity contribution in [3.05, 3.63) is 58.6 Å². The van der Waals surface area contributed by atoms with Gasteiger partial charge in [-0.25, -0.2) is 4.98 Å². The van der Waals surface area contributed by atoms with Crippen molar-refractivity contribution < 1.29 is 14.3 Å². The van der Waals surface area contributed by atoms with Gasteiger partial charge in [0.2, 0.25) is 5.91 Å². The maximum Gasteiger partial charge on any atom is 0.230 e. The van der Waals surface area contributed by atoms with Crippen LogP contribution in [0.25, 0.3) is 22.2 Å². The number of carbonyl (C=O) groups is 1. The highest BCUT2D eigenvalue weighted by Gasteiger charge is 2.15. The number of anilines is 1. The molecule has 0 aliphatic heterocycles. The van der Waals surface area contributed by atoms with E-state index in [1.807, 2.05) is 30.5 Å². The van der Waals surface area contributed by atoms with Gasteiger partial charge in [-0.3, -0.25) is 4.79 Å². The van der Waals surface area contributed by atoms with Crippen molar-refractivity contribution >= 4 is 33.3 Å². The fraction of sp³-hybridized carbons (Fsp3) is 0.217. The Morgan fingerprint density at radius 3 is 2.67 bits per heavy atom. The standard InChI is InChI=1S/C23H23N3O3S/c1-13-5-7-18-17(9-13)16(14(2)24-18)11-22(27)26-23-25-19(12-30-23)15-6-8-20(28-3)21(10-15)29-4/h5-10,12,24H,11H2,1-4H3,(H,25,26,27). The maximum atomic E-state index is 12.7. The normalized spacial score (nSPS) is 10.9. The molecule has 2 N–H and O–H groups in total. The zero-order chi connectivity index (χ0) is 21.3. The van der Waals surface area contributed by atoms with Gasteiger partial charge in [0, 0.05) is 27.5 Å². The molecular weight excluding hydrogens is 398 g/mol. The Morgan fingerprint density at radius 2 is 1.90 bits per heavy atom. The monoisotopic (exact) mass is 421 g/mol. The smallest absolute Gasteiger partial charge is 0.230 e. The first-order valence-electron chi connectivity index (χ1n) is 9.54. The van der Waals surface area contributed by atoms with Gasteiger partial charge in [0.25, 0.3) is 0 Å². The van der Waals surface area contributed by atoms with Gasteiger partial charge >= 0.3 is 0 Å². The number of fused-ring (bicyclic) bond motifs is 1. The highest BCUT2D eigenvalue weighted by Crippen LogP contribution is 2.33. The Labute approximate surface area is 178 Å². The van der Waals surface area contributed by atoms with Gasteiger partial charge < -0.3 is 19.8 Å². The second kappa shape index (κ2) is 8.20. The number of nitrogens with zero attached hydrogens (tertiary/aromatic N) is 1. The van der Waals surface area contributed by atoms with E-state index in [9.17, 15) is 4.79 Å². The molecule has 2 aromatic heterocycles. The summed E-state index contributed by atoms with van der Waals surface area (Å²) >= 11 is 1.40. The average molecular weight is 422 g/mol. The van der Waals surface area contributed by atoms with Crippen molar-refractivity contribution in [2.24, 2.45) is 0 Å². The molecule has 2 aromatic carbocycles. The molecule has 4 aromatic rings. The Hall–Kier alpha value is -3.32. The van der Waals surface area contributed by atoms with Gasteiger partial charge in [0.15, 0.2) is 16.6 Å². The third kappa shape index (κ3) is 3.89. The number of methoxy groups -OCH3 is 2. The van der Waals surface area contributed by atoms with Crippen LogP contribution in [0.1, 0.15) is 16.8 Å². The SMILES string of the molecule is COc1ccc(-c2csc(NC(=O)Cc3c(C)[nH]c4ccc(C)cc34)n2)cc1OC. The highest BCUT2D eigenvalue weighted by atomic mass is 32.1. The van der Waals surface area contributed by atoms with Crippen molar-refractivity contribution in [3.8, 4) is 22.8 Å². The molecule has 30 heavy (non-hydrogen) atoms. The van der Waals surface area contributed by atoms with Crippen LogP contribution in [0.4, 0.5) is 5.13 Å². The predicted molar refractivity (Wildman–Crippen MR) is 121 cm³/mol. The van der Waals surface area contributed by atoms with E-state index in [2.05, 4.69) is 40.4 Å². The Morgan fingerprint density at radius 1 is 1.10 bits per heavy atom. The summed E-state index contributed by atoms with van der Waals surface area (Å²) in [6.07, 6.45) is 0.292. The Kier molecular flexibility index (Phi) is 5.46. The first kappa shape index (κ1) is 20.0. The van der Waals surface area contributed by atoms with Crippen LogP contribution in [0.3, 0.4) is 0 Å². The van der Waals surface area contributed by atoms with Gasteiger partial charge in [-0.1, -0.05) is 11.6 Å². The minimum atomic E-state index is -0.0892. The van der Waals surface area contributed by atoms with Crippen molar-refractivity contribution in [3.63, 3.8) is 0 Å². The summed E-state index contributed by atoms with van der Waals surface area (Å²) in [5, 5.41) is 6.50. The summed E-state index contributed by atoms with van der Waals surface area (Å²) in [7, 11) is 3.20. The Bertz CT molecular complexity index is 1230. The average Bonchev–Trinajstić information content (AvgIpc) is 3.32. The van der Waals surface area contributed by atoms with E-state index in [4.69, 9.17) is 9.47 Å². The van der Waals surface area contributed by atoms with Crippen molar-refractivity contribution in [1.29, 1.82) is 0 Å². The third-order valence-electron chi connectivity index (χ3n) is 5.04. The maximum absolute atomic E-state index is 12.7. The topological polar surface area (TPSA) is 76.2 Å². The van der Waals surface area contributed by atoms with Crippen LogP contribution in [-0.2, 0) is 11.2 Å². The predicted octanol–water partition coefficient (Wildman–Crippen LogP) is 5.11. The number of rotatable bonds is 6. The zero-order valence-electron chi connectivity index (χ0n) is 17.3. The summed E-state index contributed by atoms with van der Waals surface area (Å²) in [5.41, 5.74) is 5.91. The van der Waals surface area contributed by atoms with Crippen LogP contribution >= 0.6 is 11.3 Å². The van der Waals surface area contributed by atoms with Crippen LogP contribution in [0, 0.1) is 13.8 Å². The minimum absolute atomic E-state index is 0.0892. The second-order valence-electron chi connectivity index (χ2n) is 7.11. The van der Waals surface area contributed by atoms with Gasteiger partial charge in [-0.15, -0.1) is 11.3 Å². The zero-order valence-corrected chi connectivity index (χ0v) is 18.1. The number of H-pyrrole nitrogens is 1. The summed E-state index contributed by atoms with van der Waals surface area (Å²) in [5.74, 6) is 1.21.